The summed E-state index contributed by atoms with van der Waals surface area (Å²) < 4.78 is 0. The van der Waals surface area contributed by atoms with Crippen LogP contribution in [0.3, 0.4) is 0 Å². The third-order valence-electron chi connectivity index (χ3n) is 2.60. The Balaban J connectivity index is 2.11. The number of H-pyrrole nitrogens is 1. The molecular weight excluding hydrogens is 228 g/mol. The van der Waals surface area contributed by atoms with Crippen LogP contribution in [-0.4, -0.2) is 15.0 Å². The van der Waals surface area contributed by atoms with Crippen LogP contribution in [0.5, 0.6) is 0 Å². The van der Waals surface area contributed by atoms with E-state index in [-0.39, 0.29) is 5.56 Å². The molecule has 2 N–H and O–H groups in total. The van der Waals surface area contributed by atoms with Crippen molar-refractivity contribution in [1.82, 2.24) is 15.0 Å². The third kappa shape index (κ3) is 1.82. The molecule has 0 amide bonds. The summed E-state index contributed by atoms with van der Waals surface area (Å²) in [4.78, 5) is 22.6. The van der Waals surface area contributed by atoms with Gasteiger partial charge in [0, 0.05) is 11.9 Å². The minimum Gasteiger partial charge on any atom is -0.345 e. The number of hydrogen-bond acceptors (Lipinski definition) is 4. The van der Waals surface area contributed by atoms with Gasteiger partial charge in [0.2, 0.25) is 0 Å². The molecule has 2 aliphatic heterocycles. The van der Waals surface area contributed by atoms with Gasteiger partial charge in [0.1, 0.15) is 11.4 Å². The van der Waals surface area contributed by atoms with E-state index in [9.17, 15) is 4.79 Å². The van der Waals surface area contributed by atoms with Crippen molar-refractivity contribution >= 4 is 11.5 Å². The van der Waals surface area contributed by atoms with Gasteiger partial charge in [-0.2, -0.15) is 0 Å². The summed E-state index contributed by atoms with van der Waals surface area (Å²) >= 11 is 0. The van der Waals surface area contributed by atoms with Crippen molar-refractivity contribution in [3.63, 3.8) is 0 Å². The molecule has 0 spiro atoms. The summed E-state index contributed by atoms with van der Waals surface area (Å²) in [6, 6.07) is 11.3. The van der Waals surface area contributed by atoms with Crippen LogP contribution in [0.15, 0.2) is 53.7 Å². The van der Waals surface area contributed by atoms with Gasteiger partial charge >= 0.3 is 0 Å². The molecule has 0 saturated carbocycles. The van der Waals surface area contributed by atoms with Gasteiger partial charge in [-0.3, -0.25) is 4.79 Å². The first-order chi connectivity index (χ1) is 8.84. The lowest BCUT2D eigenvalue weighted by Crippen LogP contribution is -2.13. The zero-order valence-electron chi connectivity index (χ0n) is 9.42. The maximum atomic E-state index is 11.8. The van der Waals surface area contributed by atoms with Gasteiger partial charge < -0.3 is 10.3 Å². The number of pyridine rings is 1. The minimum absolute atomic E-state index is 0.296. The maximum Gasteiger partial charge on any atom is 0.282 e. The molecule has 1 aromatic carbocycles. The first-order valence-electron chi connectivity index (χ1n) is 5.49. The van der Waals surface area contributed by atoms with Crippen LogP contribution in [0.1, 0.15) is 0 Å². The predicted octanol–water partition coefficient (Wildman–Crippen LogP) is 2.01. The first-order valence-corrected chi connectivity index (χ1v) is 5.49. The van der Waals surface area contributed by atoms with Crippen molar-refractivity contribution in [2.24, 2.45) is 0 Å². The summed E-state index contributed by atoms with van der Waals surface area (Å²) in [5, 5.41) is 3.12. The van der Waals surface area contributed by atoms with Crippen molar-refractivity contribution in [2.45, 2.75) is 0 Å². The second-order valence-electron chi connectivity index (χ2n) is 3.78. The number of nitrogens with one attached hydrogen (secondary N) is 2. The summed E-state index contributed by atoms with van der Waals surface area (Å²) in [7, 11) is 0. The Morgan fingerprint density at radius 3 is 2.72 bits per heavy atom. The number of fused-ring (bicyclic) bond motifs is 1. The van der Waals surface area contributed by atoms with Crippen molar-refractivity contribution in [2.75, 3.05) is 5.32 Å². The highest BCUT2D eigenvalue weighted by atomic mass is 16.1. The van der Waals surface area contributed by atoms with Crippen molar-refractivity contribution < 1.29 is 0 Å². The number of benzene rings is 1. The predicted molar refractivity (Wildman–Crippen MR) is 69.0 cm³/mol. The molecule has 88 valence electrons. The topological polar surface area (TPSA) is 70.7 Å². The Labute approximate surface area is 103 Å². The van der Waals surface area contributed by atoms with Gasteiger partial charge in [0.25, 0.3) is 5.56 Å². The molecule has 0 radical (unpaired) electrons. The average molecular weight is 238 g/mol. The van der Waals surface area contributed by atoms with Crippen molar-refractivity contribution in [1.29, 1.82) is 0 Å². The molecule has 2 aliphatic rings. The number of rotatable bonds is 2. The smallest absolute Gasteiger partial charge is 0.282 e. The Morgan fingerprint density at radius 1 is 1.06 bits per heavy atom. The van der Waals surface area contributed by atoms with Crippen LogP contribution >= 0.6 is 0 Å². The van der Waals surface area contributed by atoms with Crippen LogP contribution in [-0.2, 0) is 0 Å². The highest BCUT2D eigenvalue weighted by molar-refractivity contribution is 5.75. The molecule has 18 heavy (non-hydrogen) atoms. The normalized spacial score (nSPS) is 10.4. The van der Waals surface area contributed by atoms with Gasteiger partial charge in [0.15, 0.2) is 0 Å². The average Bonchev–Trinajstić information content (AvgIpc) is 2.40. The second-order valence-corrected chi connectivity index (χ2v) is 3.78. The molecule has 0 aliphatic carbocycles. The maximum absolute atomic E-state index is 11.8. The van der Waals surface area contributed by atoms with E-state index in [1.807, 2.05) is 30.3 Å². The number of nitrogens with zero attached hydrogens (tertiary/aromatic N) is 2. The Hall–Kier alpha value is -2.69. The van der Waals surface area contributed by atoms with Gasteiger partial charge in [-0.1, -0.05) is 18.2 Å². The van der Waals surface area contributed by atoms with Crippen LogP contribution in [0.25, 0.3) is 11.3 Å². The summed E-state index contributed by atoms with van der Waals surface area (Å²) in [6.45, 7) is 0. The second kappa shape index (κ2) is 4.29. The van der Waals surface area contributed by atoms with E-state index in [0.717, 1.165) is 5.69 Å². The van der Waals surface area contributed by atoms with Gasteiger partial charge in [0.05, 0.1) is 12.0 Å². The van der Waals surface area contributed by atoms with Crippen LogP contribution < -0.4 is 10.9 Å². The summed E-state index contributed by atoms with van der Waals surface area (Å²) in [6.07, 6.45) is 3.03. The van der Waals surface area contributed by atoms with E-state index in [0.29, 0.717) is 17.1 Å². The van der Waals surface area contributed by atoms with E-state index in [1.165, 1.54) is 6.20 Å². The van der Waals surface area contributed by atoms with Crippen LogP contribution in [0, 0.1) is 0 Å². The van der Waals surface area contributed by atoms with Gasteiger partial charge in [-0.15, -0.1) is 0 Å². The SMILES string of the molecule is O=c1nccc2[nH]cnc(Nc3ccccc3)c1-2. The molecule has 1 aromatic rings. The Kier molecular flexibility index (Phi) is 2.49. The zero-order valence-corrected chi connectivity index (χ0v) is 9.42. The summed E-state index contributed by atoms with van der Waals surface area (Å²) in [5.41, 5.74) is 1.75. The molecule has 0 aromatic heterocycles. The van der Waals surface area contributed by atoms with Crippen molar-refractivity contribution in [3.8, 4) is 11.3 Å². The molecule has 0 saturated heterocycles. The molecule has 3 rings (SSSR count). The third-order valence-corrected chi connectivity index (χ3v) is 2.60. The number of anilines is 2. The van der Waals surface area contributed by atoms with E-state index >= 15 is 0 Å². The lowest BCUT2D eigenvalue weighted by atomic mass is 10.2. The standard InChI is InChI=1S/C13H10N4O/c18-13-11-10(6-7-14-13)15-8-16-12(11)17-9-4-2-1-3-5-9/h1-8,17H,(H,15,16). The molecule has 0 fully saturated rings. The largest absolute Gasteiger partial charge is 0.345 e. The summed E-state index contributed by atoms with van der Waals surface area (Å²) in [5.74, 6) is 0.507. The first kappa shape index (κ1) is 10.5. The van der Waals surface area contributed by atoms with Gasteiger partial charge in [-0.05, 0) is 18.2 Å². The molecular formula is C13H10N4O. The van der Waals surface area contributed by atoms with E-state index in [1.54, 1.807) is 12.4 Å². The fourth-order valence-electron chi connectivity index (χ4n) is 1.78. The van der Waals surface area contributed by atoms with E-state index in [2.05, 4.69) is 20.3 Å². The number of aromatic amines is 1. The molecule has 0 bridgehead atoms. The molecule has 0 unspecified atom stereocenters. The molecule has 2 heterocycles. The quantitative estimate of drug-likeness (QED) is 0.716. The van der Waals surface area contributed by atoms with Crippen LogP contribution in [0.2, 0.25) is 0 Å². The lowest BCUT2D eigenvalue weighted by molar-refractivity contribution is 1.12. The number of aromatic nitrogens is 3. The molecule has 5 heteroatoms. The molecule has 0 atom stereocenters. The van der Waals surface area contributed by atoms with Crippen molar-refractivity contribution in [3.05, 3.63) is 59.3 Å². The van der Waals surface area contributed by atoms with E-state index in [4.69, 9.17) is 0 Å². The minimum atomic E-state index is -0.296. The zero-order chi connectivity index (χ0) is 12.4. The van der Waals surface area contributed by atoms with Gasteiger partial charge in [-0.25, -0.2) is 9.97 Å². The highest BCUT2D eigenvalue weighted by Crippen LogP contribution is 2.23. The monoisotopic (exact) mass is 238 g/mol. The fraction of sp³-hybridized carbons (Fsp3) is 0. The van der Waals surface area contributed by atoms with E-state index < -0.39 is 0 Å². The fourth-order valence-corrected chi connectivity index (χ4v) is 1.78. The Morgan fingerprint density at radius 2 is 1.89 bits per heavy atom. The highest BCUT2D eigenvalue weighted by Gasteiger charge is 2.13. The number of hydrogen-bond donors (Lipinski definition) is 2. The Bertz CT molecular complexity index is 693. The molecule has 5 nitrogen and oxygen atoms in total. The van der Waals surface area contributed by atoms with Crippen LogP contribution in [0.4, 0.5) is 11.5 Å². The lowest BCUT2D eigenvalue weighted by Gasteiger charge is -2.10. The number of para-hydroxylation sites is 1.